The fraction of sp³-hybridized carbons (Fsp3) is 0.417. The number of aromatic nitrogens is 2. The van der Waals surface area contributed by atoms with E-state index in [9.17, 15) is 9.59 Å². The van der Waals surface area contributed by atoms with Crippen LogP contribution < -0.4 is 10.9 Å². The molecule has 0 aromatic carbocycles. The van der Waals surface area contributed by atoms with Crippen LogP contribution in [0.4, 0.5) is 0 Å². The molecular formula is C12H15N3O3S. The molecule has 0 unspecified atom stereocenters. The van der Waals surface area contributed by atoms with Gasteiger partial charge in [0.2, 0.25) is 5.91 Å². The normalized spacial score (nSPS) is 10.8. The van der Waals surface area contributed by atoms with E-state index < -0.39 is 0 Å². The van der Waals surface area contributed by atoms with Gasteiger partial charge in [0, 0.05) is 42.9 Å². The van der Waals surface area contributed by atoms with E-state index in [0.29, 0.717) is 23.6 Å². The summed E-state index contributed by atoms with van der Waals surface area (Å²) in [6.45, 7) is 2.31. The predicted molar refractivity (Wildman–Crippen MR) is 72.7 cm³/mol. The van der Waals surface area contributed by atoms with E-state index >= 15 is 0 Å². The highest BCUT2D eigenvalue weighted by Crippen LogP contribution is 2.12. The van der Waals surface area contributed by atoms with Gasteiger partial charge in [-0.2, -0.15) is 0 Å². The lowest BCUT2D eigenvalue weighted by atomic mass is 10.3. The zero-order valence-corrected chi connectivity index (χ0v) is 11.6. The zero-order chi connectivity index (χ0) is 13.8. The number of aryl methyl sites for hydroxylation is 1. The van der Waals surface area contributed by atoms with Crippen molar-refractivity contribution in [3.05, 3.63) is 33.2 Å². The fourth-order valence-corrected chi connectivity index (χ4v) is 2.74. The number of amides is 1. The van der Waals surface area contributed by atoms with E-state index in [4.69, 9.17) is 4.74 Å². The van der Waals surface area contributed by atoms with Gasteiger partial charge in [-0.3, -0.25) is 14.0 Å². The summed E-state index contributed by atoms with van der Waals surface area (Å²) < 4.78 is 6.30. The second kappa shape index (κ2) is 5.94. The minimum absolute atomic E-state index is 0.0467. The molecule has 1 N–H and O–H groups in total. The third-order valence-corrected chi connectivity index (χ3v) is 3.46. The number of carbonyl (C=O) groups excluding carboxylic acids is 1. The van der Waals surface area contributed by atoms with Crippen molar-refractivity contribution in [2.75, 3.05) is 20.3 Å². The van der Waals surface area contributed by atoms with Crippen molar-refractivity contribution in [1.29, 1.82) is 0 Å². The summed E-state index contributed by atoms with van der Waals surface area (Å²) in [5.74, 6) is -0.164. The third-order valence-electron chi connectivity index (χ3n) is 2.58. The number of nitrogens with zero attached hydrogens (tertiary/aromatic N) is 2. The third kappa shape index (κ3) is 3.18. The van der Waals surface area contributed by atoms with Gasteiger partial charge in [0.15, 0.2) is 4.96 Å². The second-order valence-electron chi connectivity index (χ2n) is 4.11. The molecule has 0 aliphatic rings. The maximum Gasteiger partial charge on any atom is 0.258 e. The number of ether oxygens (including phenoxy) is 1. The quantitative estimate of drug-likeness (QED) is 0.859. The van der Waals surface area contributed by atoms with Gasteiger partial charge >= 0.3 is 0 Å². The maximum absolute atomic E-state index is 11.9. The minimum atomic E-state index is -0.164. The first-order valence-corrected chi connectivity index (χ1v) is 6.72. The van der Waals surface area contributed by atoms with Crippen LogP contribution in [0.25, 0.3) is 4.96 Å². The van der Waals surface area contributed by atoms with Crippen molar-refractivity contribution in [2.45, 2.75) is 13.3 Å². The predicted octanol–water partition coefficient (Wildman–Crippen LogP) is 0.370. The van der Waals surface area contributed by atoms with Crippen molar-refractivity contribution in [3.63, 3.8) is 0 Å². The van der Waals surface area contributed by atoms with E-state index in [1.54, 1.807) is 11.3 Å². The number of hydrogen-bond acceptors (Lipinski definition) is 5. The first-order valence-electron chi connectivity index (χ1n) is 5.84. The summed E-state index contributed by atoms with van der Waals surface area (Å²) in [6.07, 6.45) is 0.583. The second-order valence-corrected chi connectivity index (χ2v) is 4.95. The lowest BCUT2D eigenvalue weighted by Gasteiger charge is -2.04. The number of rotatable bonds is 5. The van der Waals surface area contributed by atoms with Gasteiger partial charge in [-0.15, -0.1) is 11.3 Å². The Morgan fingerprint density at radius 2 is 2.37 bits per heavy atom. The summed E-state index contributed by atoms with van der Waals surface area (Å²) in [5, 5.41) is 4.62. The number of thiazole rings is 1. The smallest absolute Gasteiger partial charge is 0.258 e. The van der Waals surface area contributed by atoms with Crippen LogP contribution >= 0.6 is 11.3 Å². The Balaban J connectivity index is 2.10. The van der Waals surface area contributed by atoms with Crippen LogP contribution in [0, 0.1) is 6.92 Å². The Morgan fingerprint density at radius 3 is 3.11 bits per heavy atom. The highest BCUT2D eigenvalue weighted by atomic mass is 32.1. The van der Waals surface area contributed by atoms with Crippen LogP contribution in [-0.4, -0.2) is 35.6 Å². The molecule has 0 aliphatic heterocycles. The molecule has 0 saturated carbocycles. The SMILES string of the molecule is COCC(=O)NCCc1csc2nc(C)cc(=O)n12. The number of nitrogens with one attached hydrogen (secondary N) is 1. The zero-order valence-electron chi connectivity index (χ0n) is 10.8. The van der Waals surface area contributed by atoms with Crippen molar-refractivity contribution in [2.24, 2.45) is 0 Å². The van der Waals surface area contributed by atoms with Crippen LogP contribution in [0.5, 0.6) is 0 Å². The number of methoxy groups -OCH3 is 1. The van der Waals surface area contributed by atoms with Crippen LogP contribution in [0.1, 0.15) is 11.4 Å². The highest BCUT2D eigenvalue weighted by Gasteiger charge is 2.08. The molecule has 6 nitrogen and oxygen atoms in total. The average molecular weight is 281 g/mol. The first-order chi connectivity index (χ1) is 9.11. The lowest BCUT2D eigenvalue weighted by molar-refractivity contribution is -0.124. The Bertz CT molecular complexity index is 647. The average Bonchev–Trinajstić information content (AvgIpc) is 2.72. The van der Waals surface area contributed by atoms with E-state index in [2.05, 4.69) is 10.3 Å². The van der Waals surface area contributed by atoms with E-state index in [0.717, 1.165) is 5.69 Å². The van der Waals surface area contributed by atoms with Crippen LogP contribution in [-0.2, 0) is 16.0 Å². The maximum atomic E-state index is 11.9. The molecule has 2 aromatic heterocycles. The number of hydrogen-bond donors (Lipinski definition) is 1. The van der Waals surface area contributed by atoms with Crippen LogP contribution in [0.3, 0.4) is 0 Å². The molecule has 2 rings (SSSR count). The summed E-state index contributed by atoms with van der Waals surface area (Å²) in [4.78, 5) is 28.1. The van der Waals surface area contributed by atoms with E-state index in [1.807, 2.05) is 5.38 Å². The van der Waals surface area contributed by atoms with Gasteiger partial charge in [0.25, 0.3) is 5.56 Å². The van der Waals surface area contributed by atoms with Crippen molar-refractivity contribution >= 4 is 22.2 Å². The van der Waals surface area contributed by atoms with Gasteiger partial charge in [0.1, 0.15) is 6.61 Å². The molecule has 0 radical (unpaired) electrons. The molecule has 102 valence electrons. The van der Waals surface area contributed by atoms with Gasteiger partial charge in [-0.05, 0) is 6.92 Å². The van der Waals surface area contributed by atoms with Crippen molar-refractivity contribution in [1.82, 2.24) is 14.7 Å². The molecule has 7 heteroatoms. The molecule has 19 heavy (non-hydrogen) atoms. The fourth-order valence-electron chi connectivity index (χ4n) is 1.77. The molecule has 0 atom stereocenters. The van der Waals surface area contributed by atoms with Gasteiger partial charge in [0.05, 0.1) is 0 Å². The Morgan fingerprint density at radius 1 is 1.58 bits per heavy atom. The number of carbonyl (C=O) groups is 1. The van der Waals surface area contributed by atoms with Gasteiger partial charge in [-0.25, -0.2) is 4.98 Å². The summed E-state index contributed by atoms with van der Waals surface area (Å²) in [6, 6.07) is 1.51. The molecule has 1 amide bonds. The lowest BCUT2D eigenvalue weighted by Crippen LogP contribution is -2.29. The van der Waals surface area contributed by atoms with E-state index in [-0.39, 0.29) is 18.1 Å². The monoisotopic (exact) mass is 281 g/mol. The summed E-state index contributed by atoms with van der Waals surface area (Å²) >= 11 is 1.43. The Kier molecular flexibility index (Phi) is 4.28. The largest absolute Gasteiger partial charge is 0.375 e. The minimum Gasteiger partial charge on any atom is -0.375 e. The van der Waals surface area contributed by atoms with Crippen molar-refractivity contribution in [3.8, 4) is 0 Å². The molecular weight excluding hydrogens is 266 g/mol. The van der Waals surface area contributed by atoms with Gasteiger partial charge in [-0.1, -0.05) is 0 Å². The molecule has 0 fully saturated rings. The summed E-state index contributed by atoms with van der Waals surface area (Å²) in [5.41, 5.74) is 1.49. The molecule has 0 saturated heterocycles. The molecule has 0 aliphatic carbocycles. The molecule has 0 spiro atoms. The molecule has 2 aromatic rings. The van der Waals surface area contributed by atoms with Crippen LogP contribution in [0.2, 0.25) is 0 Å². The highest BCUT2D eigenvalue weighted by molar-refractivity contribution is 7.15. The standard InChI is InChI=1S/C12H15N3O3S/c1-8-5-11(17)15-9(7-19-12(15)14-8)3-4-13-10(16)6-18-2/h5,7H,3-4,6H2,1-2H3,(H,13,16). The number of fused-ring (bicyclic) bond motifs is 1. The van der Waals surface area contributed by atoms with Crippen LogP contribution in [0.15, 0.2) is 16.2 Å². The summed E-state index contributed by atoms with van der Waals surface area (Å²) in [7, 11) is 1.47. The molecule has 2 heterocycles. The molecule has 0 bridgehead atoms. The topological polar surface area (TPSA) is 72.7 Å². The Labute approximate surface area is 114 Å². The van der Waals surface area contributed by atoms with Crippen molar-refractivity contribution < 1.29 is 9.53 Å². The first kappa shape index (κ1) is 13.7. The van der Waals surface area contributed by atoms with E-state index in [1.165, 1.54) is 24.5 Å². The van der Waals surface area contributed by atoms with Gasteiger partial charge < -0.3 is 10.1 Å². The Hall–Kier alpha value is -1.73.